The van der Waals surface area contributed by atoms with Crippen molar-refractivity contribution in [2.45, 2.75) is 93.6 Å². The molecule has 9 atom stereocenters. The molecule has 0 spiro atoms. The maximum Gasteiger partial charge on any atom is 0.320 e. The van der Waals surface area contributed by atoms with Crippen LogP contribution in [0, 0.1) is 0 Å². The lowest BCUT2D eigenvalue weighted by atomic mass is 9.96. The molecule has 0 aromatic carbocycles. The van der Waals surface area contributed by atoms with Crippen LogP contribution in [0.25, 0.3) is 0 Å². The van der Waals surface area contributed by atoms with Gasteiger partial charge in [0.15, 0.2) is 24.8 Å². The molecule has 0 saturated carbocycles. The first-order valence-corrected chi connectivity index (χ1v) is 12.8. The van der Waals surface area contributed by atoms with Crippen molar-refractivity contribution in [3.05, 3.63) is 23.5 Å². The Balaban J connectivity index is 2.39. The average molecular weight is 591 g/mol. The van der Waals surface area contributed by atoms with Crippen molar-refractivity contribution in [2.24, 2.45) is 17.2 Å². The van der Waals surface area contributed by atoms with Gasteiger partial charge < -0.3 is 72.3 Å². The number of nitrogens with zero attached hydrogens (tertiary/aromatic N) is 1. The Morgan fingerprint density at radius 2 is 1.59 bits per heavy atom. The summed E-state index contributed by atoms with van der Waals surface area (Å²) in [5.41, 5.74) is 17.3. The molecule has 0 bridgehead atoms. The van der Waals surface area contributed by atoms with Gasteiger partial charge in [-0.15, -0.1) is 0 Å². The summed E-state index contributed by atoms with van der Waals surface area (Å²) in [5, 5.41) is 80.2. The normalized spacial score (nSPS) is 25.7. The van der Waals surface area contributed by atoms with Gasteiger partial charge in [0.05, 0.1) is 12.6 Å². The molecular weight excluding hydrogens is 552 g/mol. The molecule has 232 valence electrons. The van der Waals surface area contributed by atoms with Crippen LogP contribution in [-0.4, -0.2) is 115 Å². The first-order chi connectivity index (χ1) is 19.2. The van der Waals surface area contributed by atoms with E-state index in [2.05, 4.69) is 0 Å². The quantitative estimate of drug-likeness (QED) is 0.0801. The first-order valence-electron chi connectivity index (χ1n) is 12.8. The van der Waals surface area contributed by atoms with Crippen molar-refractivity contribution in [1.29, 1.82) is 0 Å². The average Bonchev–Trinajstić information content (AvgIpc) is 2.91. The summed E-state index contributed by atoms with van der Waals surface area (Å²) in [4.78, 5) is 33.6. The molecule has 1 aromatic rings. The predicted octanol–water partition coefficient (Wildman–Crippen LogP) is -5.98. The van der Waals surface area contributed by atoms with E-state index in [4.69, 9.17) is 31.8 Å². The summed E-state index contributed by atoms with van der Waals surface area (Å²) in [6, 6.07) is -4.02. The highest BCUT2D eigenvalue weighted by Gasteiger charge is 2.45. The number of aromatic nitrogens is 1. The molecule has 1 aromatic heterocycles. The molecule has 41 heavy (non-hydrogen) atoms. The lowest BCUT2D eigenvalue weighted by molar-refractivity contribution is -0.706. The minimum absolute atomic E-state index is 0.0205. The van der Waals surface area contributed by atoms with Crippen molar-refractivity contribution < 1.29 is 69.3 Å². The third-order valence-electron chi connectivity index (χ3n) is 6.78. The number of hydrogen-bond donors (Lipinski definition) is 10. The Morgan fingerprint density at radius 3 is 2.15 bits per heavy atom. The zero-order valence-corrected chi connectivity index (χ0v) is 22.1. The number of aryl methyl sites for hydroxylation is 1. The number of nitrogens with two attached hydrogens (primary N) is 3. The van der Waals surface area contributed by atoms with Crippen LogP contribution in [0.2, 0.25) is 0 Å². The molecule has 1 saturated heterocycles. The Hall–Kier alpha value is -3.00. The molecule has 0 radical (unpaired) electrons. The predicted molar refractivity (Wildman–Crippen MR) is 132 cm³/mol. The number of aromatic hydroxyl groups is 1. The maximum absolute atomic E-state index is 11.3. The molecule has 0 aliphatic carbocycles. The van der Waals surface area contributed by atoms with E-state index in [0.717, 1.165) is 0 Å². The standard InChI is InChI=1S/C24H38N4O13/c25-13(21(34)35)3-1-10-6-28(8-16(30)12(10)5-15(27)23(38)39)7-11(2-4-14(26)22(36)37)40-24-20(33)19(32)18(31)17(9-29)41-24/h6,8,11,13-15,17-20,24,29,31-33H,1-5,7,9,25-27H2,(H3-,30,34,35,36,37,38,39). The van der Waals surface area contributed by atoms with E-state index in [1.165, 1.54) is 17.0 Å². The SMILES string of the molecule is NC(CCc1c[n+](CC(CCC(N)C(=O)O)OC2OC(CO)C(O)C(O)C2O)cc(O)c1CC(N)C(=O)O)C(=O)[O-]. The Labute approximate surface area is 234 Å². The zero-order valence-electron chi connectivity index (χ0n) is 22.1. The molecular formula is C24H38N4O13. The molecule has 2 rings (SSSR count). The topological polar surface area (TPSA) is 316 Å². The van der Waals surface area contributed by atoms with Gasteiger partial charge in [0.2, 0.25) is 6.20 Å². The van der Waals surface area contributed by atoms with Crippen molar-refractivity contribution in [1.82, 2.24) is 0 Å². The number of aliphatic carboxylic acids is 3. The summed E-state index contributed by atoms with van der Waals surface area (Å²) in [5.74, 6) is -4.51. The molecule has 17 nitrogen and oxygen atoms in total. The molecule has 13 N–H and O–H groups in total. The summed E-state index contributed by atoms with van der Waals surface area (Å²) in [7, 11) is 0. The fourth-order valence-electron chi connectivity index (χ4n) is 4.30. The van der Waals surface area contributed by atoms with Crippen LogP contribution < -0.4 is 26.9 Å². The van der Waals surface area contributed by atoms with Gasteiger partial charge in [0, 0.05) is 23.6 Å². The fourth-order valence-corrected chi connectivity index (χ4v) is 4.30. The number of carboxylic acid groups (broad SMARTS) is 3. The van der Waals surface area contributed by atoms with E-state index < -0.39 is 79.5 Å². The lowest BCUT2D eigenvalue weighted by Crippen LogP contribution is -2.60. The highest BCUT2D eigenvalue weighted by atomic mass is 16.7. The van der Waals surface area contributed by atoms with Gasteiger partial charge in [0.1, 0.15) is 42.6 Å². The Kier molecular flexibility index (Phi) is 12.8. The number of carbonyl (C=O) groups excluding carboxylic acids is 1. The van der Waals surface area contributed by atoms with Gasteiger partial charge in [-0.05, 0) is 25.7 Å². The van der Waals surface area contributed by atoms with Gasteiger partial charge in [-0.1, -0.05) is 0 Å². The van der Waals surface area contributed by atoms with E-state index in [9.17, 15) is 50.1 Å². The molecule has 0 amide bonds. The summed E-state index contributed by atoms with van der Waals surface area (Å²) in [6.45, 7) is -0.848. The highest BCUT2D eigenvalue weighted by Crippen LogP contribution is 2.25. The van der Waals surface area contributed by atoms with Gasteiger partial charge in [-0.3, -0.25) is 9.59 Å². The van der Waals surface area contributed by atoms with E-state index in [1.54, 1.807) is 0 Å². The van der Waals surface area contributed by atoms with Crippen LogP contribution in [0.3, 0.4) is 0 Å². The van der Waals surface area contributed by atoms with Crippen LogP contribution in [0.1, 0.15) is 30.4 Å². The molecule has 2 heterocycles. The van der Waals surface area contributed by atoms with Crippen LogP contribution in [0.5, 0.6) is 5.75 Å². The number of ether oxygens (including phenoxy) is 2. The summed E-state index contributed by atoms with van der Waals surface area (Å²) in [6.07, 6.45) is -6.84. The number of aliphatic hydroxyl groups is 4. The Bertz CT molecular complexity index is 1060. The minimum Gasteiger partial charge on any atom is -0.548 e. The third kappa shape index (κ3) is 9.52. The summed E-state index contributed by atoms with van der Waals surface area (Å²) < 4.78 is 12.6. The Morgan fingerprint density at radius 1 is 0.951 bits per heavy atom. The largest absolute Gasteiger partial charge is 0.548 e. The molecule has 1 fully saturated rings. The van der Waals surface area contributed by atoms with Crippen LogP contribution >= 0.6 is 0 Å². The second-order valence-electron chi connectivity index (χ2n) is 9.93. The van der Waals surface area contributed by atoms with Crippen molar-refractivity contribution in [3.63, 3.8) is 0 Å². The smallest absolute Gasteiger partial charge is 0.320 e. The first kappa shape index (κ1) is 34.2. The van der Waals surface area contributed by atoms with Crippen LogP contribution in [0.15, 0.2) is 12.4 Å². The number of rotatable bonds is 16. The molecule has 17 heteroatoms. The van der Waals surface area contributed by atoms with Gasteiger partial charge in [0.25, 0.3) is 0 Å². The van der Waals surface area contributed by atoms with Gasteiger partial charge >= 0.3 is 11.9 Å². The lowest BCUT2D eigenvalue weighted by Gasteiger charge is -2.40. The molecule has 1 aliphatic heterocycles. The van der Waals surface area contributed by atoms with E-state index in [0.29, 0.717) is 5.56 Å². The second-order valence-corrected chi connectivity index (χ2v) is 9.93. The van der Waals surface area contributed by atoms with E-state index in [1.807, 2.05) is 0 Å². The maximum atomic E-state index is 11.3. The number of carbonyl (C=O) groups is 3. The number of carboxylic acids is 3. The fraction of sp³-hybridized carbons (Fsp3) is 0.667. The second kappa shape index (κ2) is 15.3. The van der Waals surface area contributed by atoms with Gasteiger partial charge in [-0.25, -0.2) is 0 Å². The number of pyridine rings is 1. The monoisotopic (exact) mass is 590 g/mol. The third-order valence-corrected chi connectivity index (χ3v) is 6.78. The summed E-state index contributed by atoms with van der Waals surface area (Å²) >= 11 is 0. The molecule has 1 aliphatic rings. The van der Waals surface area contributed by atoms with Crippen molar-refractivity contribution >= 4 is 17.9 Å². The molecule has 9 unspecified atom stereocenters. The number of aliphatic hydroxyl groups excluding tert-OH is 4. The van der Waals surface area contributed by atoms with Crippen LogP contribution in [0.4, 0.5) is 0 Å². The highest BCUT2D eigenvalue weighted by molar-refractivity contribution is 5.74. The van der Waals surface area contributed by atoms with Gasteiger partial charge in [-0.2, -0.15) is 4.57 Å². The van der Waals surface area contributed by atoms with Crippen LogP contribution in [-0.2, 0) is 43.2 Å². The van der Waals surface area contributed by atoms with E-state index in [-0.39, 0.29) is 50.0 Å². The van der Waals surface area contributed by atoms with Crippen molar-refractivity contribution in [2.75, 3.05) is 6.61 Å². The van der Waals surface area contributed by atoms with Crippen molar-refractivity contribution in [3.8, 4) is 5.75 Å². The van der Waals surface area contributed by atoms with E-state index >= 15 is 0 Å². The number of hydrogen-bond acceptors (Lipinski definition) is 14. The minimum atomic E-state index is -1.75. The zero-order chi connectivity index (χ0) is 31.0.